The van der Waals surface area contributed by atoms with Gasteiger partial charge in [-0.05, 0) is 62.6 Å². The van der Waals surface area contributed by atoms with Crippen LogP contribution in [0, 0.1) is 5.92 Å². The second-order valence-electron chi connectivity index (χ2n) is 11.3. The van der Waals surface area contributed by atoms with Crippen LogP contribution in [-0.2, 0) is 25.6 Å². The van der Waals surface area contributed by atoms with Gasteiger partial charge in [0, 0.05) is 54.5 Å². The Labute approximate surface area is 271 Å². The summed E-state index contributed by atoms with van der Waals surface area (Å²) in [5.74, 6) is -2.01. The number of esters is 2. The van der Waals surface area contributed by atoms with E-state index >= 15 is 0 Å². The molecule has 0 spiro atoms. The molecule has 1 fully saturated rings. The predicted molar refractivity (Wildman–Crippen MR) is 172 cm³/mol. The zero-order valence-electron chi connectivity index (χ0n) is 26.7. The maximum absolute atomic E-state index is 13.7. The first-order valence-electron chi connectivity index (χ1n) is 15.4. The van der Waals surface area contributed by atoms with Crippen LogP contribution in [0.5, 0.6) is 11.5 Å². The first-order valence-corrected chi connectivity index (χ1v) is 15.4. The van der Waals surface area contributed by atoms with Crippen LogP contribution in [0.1, 0.15) is 52.6 Å². The average Bonchev–Trinajstić information content (AvgIpc) is 3.07. The van der Waals surface area contributed by atoms with Crippen LogP contribution in [0.4, 0.5) is 11.4 Å². The Kier molecular flexibility index (Phi) is 10.1. The van der Waals surface area contributed by atoms with Crippen molar-refractivity contribution >= 4 is 35.1 Å². The van der Waals surface area contributed by atoms with Gasteiger partial charge in [0.25, 0.3) is 17.4 Å². The van der Waals surface area contributed by atoms with Crippen LogP contribution in [-0.4, -0.2) is 74.9 Å². The summed E-state index contributed by atoms with van der Waals surface area (Å²) in [6.45, 7) is 4.94. The van der Waals surface area contributed by atoms with Crippen molar-refractivity contribution in [3.05, 3.63) is 81.8 Å². The Bertz CT molecular complexity index is 1700. The van der Waals surface area contributed by atoms with Gasteiger partial charge >= 0.3 is 11.9 Å². The number of piperidine rings is 1. The van der Waals surface area contributed by atoms with Gasteiger partial charge in [0.2, 0.25) is 6.04 Å². The van der Waals surface area contributed by atoms with Gasteiger partial charge in [-0.15, -0.1) is 0 Å². The Morgan fingerprint density at radius 2 is 1.51 bits per heavy atom. The fourth-order valence-corrected chi connectivity index (χ4v) is 6.16. The van der Waals surface area contributed by atoms with Crippen molar-refractivity contribution in [3.63, 3.8) is 0 Å². The zero-order chi connectivity index (χ0) is 33.7. The topological polar surface area (TPSA) is 154 Å². The van der Waals surface area contributed by atoms with E-state index in [0.717, 1.165) is 12.1 Å². The maximum atomic E-state index is 13.7. The van der Waals surface area contributed by atoms with Gasteiger partial charge in [-0.25, -0.2) is 9.59 Å². The molecule has 13 heteroatoms. The minimum Gasteiger partial charge on any atom is -0.497 e. The number of anilines is 2. The third-order valence-electron chi connectivity index (χ3n) is 8.26. The van der Waals surface area contributed by atoms with E-state index in [1.165, 1.54) is 20.3 Å². The molecule has 2 atom stereocenters. The van der Waals surface area contributed by atoms with Gasteiger partial charge in [-0.3, -0.25) is 14.4 Å². The molecule has 1 saturated heterocycles. The largest absolute Gasteiger partial charge is 0.497 e. The van der Waals surface area contributed by atoms with Crippen molar-refractivity contribution < 1.29 is 38.1 Å². The van der Waals surface area contributed by atoms with E-state index in [4.69, 9.17) is 18.9 Å². The van der Waals surface area contributed by atoms with Gasteiger partial charge in [0.05, 0.1) is 38.8 Å². The summed E-state index contributed by atoms with van der Waals surface area (Å²) < 4.78 is 22.5. The quantitative estimate of drug-likeness (QED) is 0.235. The summed E-state index contributed by atoms with van der Waals surface area (Å²) in [6.07, 6.45) is 0.925. The molecular weight excluding hydrogens is 608 g/mol. The molecule has 3 aromatic rings. The average molecular weight is 647 g/mol. The van der Waals surface area contributed by atoms with E-state index in [-0.39, 0.29) is 41.7 Å². The summed E-state index contributed by atoms with van der Waals surface area (Å²) in [4.78, 5) is 66.9. The molecule has 1 aromatic heterocycles. The summed E-state index contributed by atoms with van der Waals surface area (Å²) in [5, 5.41) is 5.36. The molecule has 3 heterocycles. The zero-order valence-corrected chi connectivity index (χ0v) is 26.7. The van der Waals surface area contributed by atoms with Gasteiger partial charge in [0.1, 0.15) is 11.5 Å². The fraction of sp³-hybridized carbons (Fsp3) is 0.382. The molecule has 0 aliphatic carbocycles. The van der Waals surface area contributed by atoms with Crippen molar-refractivity contribution in [2.24, 2.45) is 5.92 Å². The number of nitrogens with zero attached hydrogens (tertiary/aromatic N) is 2. The van der Waals surface area contributed by atoms with Crippen molar-refractivity contribution in [1.82, 2.24) is 9.88 Å². The first kappa shape index (κ1) is 33.0. The van der Waals surface area contributed by atoms with Gasteiger partial charge in [-0.1, -0.05) is 6.07 Å². The number of carbonyl (C=O) groups is 4. The number of methoxy groups -OCH3 is 2. The van der Waals surface area contributed by atoms with E-state index in [1.54, 1.807) is 56.3 Å². The number of ether oxygens (including phenoxy) is 4. The Morgan fingerprint density at radius 3 is 2.15 bits per heavy atom. The molecule has 0 unspecified atom stereocenters. The van der Waals surface area contributed by atoms with E-state index in [9.17, 15) is 24.0 Å². The van der Waals surface area contributed by atoms with Crippen LogP contribution in [0.2, 0.25) is 0 Å². The number of aromatic nitrogens is 1. The molecule has 2 bridgehead atoms. The summed E-state index contributed by atoms with van der Waals surface area (Å²) in [7, 11) is 2.96. The number of amides is 2. The van der Waals surface area contributed by atoms with E-state index < -0.39 is 29.8 Å². The van der Waals surface area contributed by atoms with Gasteiger partial charge in [-0.2, -0.15) is 0 Å². The second kappa shape index (κ2) is 14.4. The van der Waals surface area contributed by atoms with Crippen molar-refractivity contribution in [1.29, 1.82) is 0 Å². The first-order chi connectivity index (χ1) is 22.6. The van der Waals surface area contributed by atoms with Crippen LogP contribution in [0.25, 0.3) is 0 Å². The molecule has 0 radical (unpaired) electrons. The van der Waals surface area contributed by atoms with Crippen molar-refractivity contribution in [2.45, 2.75) is 38.8 Å². The lowest BCUT2D eigenvalue weighted by Crippen LogP contribution is -2.48. The standard InChI is InChI=1S/C34H38N4O9/c1-5-46-33(42)30(34(43)47-6-2)36-31(40)21-10-11-28(26(15-21)35-32(41)22-13-24(44-3)16-25(14-22)45-4)37-17-20-12-23(19-37)27-8-7-9-29(39)38(27)18-20/h7-11,13-16,20,23,30H,5-6,12,17-19H2,1-4H3,(H,35,41)(H,36,40)/t20-,23+/m1/s1. The number of carbonyl (C=O) groups excluding carboxylic acids is 4. The smallest absolute Gasteiger partial charge is 0.340 e. The number of fused-ring (bicyclic) bond motifs is 4. The molecule has 2 amide bonds. The number of nitrogens with one attached hydrogen (secondary N) is 2. The Balaban J connectivity index is 1.50. The highest BCUT2D eigenvalue weighted by Gasteiger charge is 2.36. The van der Waals surface area contributed by atoms with Gasteiger partial charge in [0.15, 0.2) is 0 Å². The number of benzene rings is 2. The Morgan fingerprint density at radius 1 is 0.830 bits per heavy atom. The highest BCUT2D eigenvalue weighted by atomic mass is 16.6. The number of hydrogen-bond acceptors (Lipinski definition) is 10. The molecule has 13 nitrogen and oxygen atoms in total. The van der Waals surface area contributed by atoms with Gasteiger partial charge < -0.3 is 39.0 Å². The monoisotopic (exact) mass is 646 g/mol. The molecular formula is C34H38N4O9. The van der Waals surface area contributed by atoms with E-state index in [0.29, 0.717) is 42.5 Å². The fourth-order valence-electron chi connectivity index (χ4n) is 6.16. The normalized spacial score (nSPS) is 16.5. The SMILES string of the molecule is CCOC(=O)C(NC(=O)c1ccc(N2C[C@H]3C[C@@H](C2)c2cccc(=O)n2C3)c(NC(=O)c2cc(OC)cc(OC)c2)c1)C(=O)OCC. The highest BCUT2D eigenvalue weighted by Crippen LogP contribution is 2.39. The number of rotatable bonds is 11. The summed E-state index contributed by atoms with van der Waals surface area (Å²) >= 11 is 0. The maximum Gasteiger partial charge on any atom is 0.340 e. The van der Waals surface area contributed by atoms with Crippen LogP contribution < -0.4 is 30.6 Å². The third-order valence-corrected chi connectivity index (χ3v) is 8.26. The molecule has 2 aliphatic rings. The van der Waals surface area contributed by atoms with Crippen molar-refractivity contribution in [2.75, 3.05) is 50.7 Å². The molecule has 2 aliphatic heterocycles. The molecule has 0 saturated carbocycles. The molecule has 5 rings (SSSR count). The second-order valence-corrected chi connectivity index (χ2v) is 11.3. The van der Waals surface area contributed by atoms with Crippen LogP contribution in [0.15, 0.2) is 59.4 Å². The summed E-state index contributed by atoms with van der Waals surface area (Å²) in [5.41, 5.74) is 2.28. The van der Waals surface area contributed by atoms with Crippen molar-refractivity contribution in [3.8, 4) is 11.5 Å². The lowest BCUT2D eigenvalue weighted by molar-refractivity contribution is -0.157. The highest BCUT2D eigenvalue weighted by molar-refractivity contribution is 6.09. The molecule has 248 valence electrons. The number of hydrogen-bond donors (Lipinski definition) is 2. The third kappa shape index (κ3) is 7.24. The Hall–Kier alpha value is -5.33. The van der Waals surface area contributed by atoms with E-state index in [1.807, 2.05) is 10.6 Å². The molecule has 2 N–H and O–H groups in total. The minimum absolute atomic E-state index is 0.00146. The summed E-state index contributed by atoms with van der Waals surface area (Å²) in [6, 6.07) is 13.2. The van der Waals surface area contributed by atoms with E-state index in [2.05, 4.69) is 15.5 Å². The lowest BCUT2D eigenvalue weighted by Gasteiger charge is -2.44. The van der Waals surface area contributed by atoms with Crippen LogP contribution >= 0.6 is 0 Å². The minimum atomic E-state index is -1.67. The predicted octanol–water partition coefficient (Wildman–Crippen LogP) is 2.97. The number of pyridine rings is 1. The molecule has 47 heavy (non-hydrogen) atoms. The molecule has 2 aromatic carbocycles. The lowest BCUT2D eigenvalue weighted by atomic mass is 9.83. The van der Waals surface area contributed by atoms with Crippen LogP contribution in [0.3, 0.4) is 0 Å².